The van der Waals surface area contributed by atoms with Gasteiger partial charge in [0.2, 0.25) is 0 Å². The fourth-order valence-electron chi connectivity index (χ4n) is 1.41. The van der Waals surface area contributed by atoms with Crippen molar-refractivity contribution in [2.45, 2.75) is 34.1 Å². The predicted octanol–water partition coefficient (Wildman–Crippen LogP) is 2.23. The van der Waals surface area contributed by atoms with Gasteiger partial charge in [-0.05, 0) is 31.8 Å². The Kier molecular flexibility index (Phi) is 10.9. The highest BCUT2D eigenvalue weighted by Gasteiger charge is 1.99. The molecule has 0 radical (unpaired) electrons. The third-order valence-electron chi connectivity index (χ3n) is 2.68. The molecule has 0 heterocycles. The second-order valence-corrected chi connectivity index (χ2v) is 5.70. The van der Waals surface area contributed by atoms with Crippen LogP contribution in [0.1, 0.15) is 34.1 Å². The SMILES string of the molecule is CC(C)CCOCCN(C)CCNCC(C)C. The molecule has 104 valence electrons. The van der Waals surface area contributed by atoms with Crippen LogP contribution in [0.25, 0.3) is 0 Å². The summed E-state index contributed by atoms with van der Waals surface area (Å²) in [6.45, 7) is 15.0. The summed E-state index contributed by atoms with van der Waals surface area (Å²) < 4.78 is 5.60. The monoisotopic (exact) mass is 244 g/mol. The molecular weight excluding hydrogens is 212 g/mol. The molecule has 0 saturated heterocycles. The molecular formula is C14H32N2O. The average molecular weight is 244 g/mol. The maximum Gasteiger partial charge on any atom is 0.0593 e. The third-order valence-corrected chi connectivity index (χ3v) is 2.68. The van der Waals surface area contributed by atoms with Crippen LogP contribution in [0.2, 0.25) is 0 Å². The second-order valence-electron chi connectivity index (χ2n) is 5.70. The van der Waals surface area contributed by atoms with Gasteiger partial charge < -0.3 is 15.0 Å². The highest BCUT2D eigenvalue weighted by molar-refractivity contribution is 4.56. The number of nitrogens with zero attached hydrogens (tertiary/aromatic N) is 1. The summed E-state index contributed by atoms with van der Waals surface area (Å²) in [5.74, 6) is 1.48. The molecule has 0 fully saturated rings. The summed E-state index contributed by atoms with van der Waals surface area (Å²) in [5, 5.41) is 3.45. The Morgan fingerprint density at radius 3 is 2.29 bits per heavy atom. The maximum absolute atomic E-state index is 5.60. The van der Waals surface area contributed by atoms with E-state index >= 15 is 0 Å². The molecule has 0 atom stereocenters. The summed E-state index contributed by atoms with van der Waals surface area (Å²) >= 11 is 0. The summed E-state index contributed by atoms with van der Waals surface area (Å²) in [4.78, 5) is 2.32. The molecule has 0 bridgehead atoms. The van der Waals surface area contributed by atoms with E-state index < -0.39 is 0 Å². The molecule has 0 rings (SSSR count). The minimum atomic E-state index is 0.736. The van der Waals surface area contributed by atoms with Gasteiger partial charge in [0, 0.05) is 26.2 Å². The number of ether oxygens (including phenoxy) is 1. The van der Waals surface area contributed by atoms with Crippen molar-refractivity contribution in [2.24, 2.45) is 11.8 Å². The van der Waals surface area contributed by atoms with E-state index in [1.165, 1.54) is 6.42 Å². The number of hydrogen-bond donors (Lipinski definition) is 1. The van der Waals surface area contributed by atoms with E-state index in [0.29, 0.717) is 0 Å². The van der Waals surface area contributed by atoms with E-state index in [1.807, 2.05) is 0 Å². The van der Waals surface area contributed by atoms with Gasteiger partial charge in [-0.1, -0.05) is 27.7 Å². The van der Waals surface area contributed by atoms with Crippen LogP contribution in [0.3, 0.4) is 0 Å². The first kappa shape index (κ1) is 16.9. The van der Waals surface area contributed by atoms with Crippen LogP contribution >= 0.6 is 0 Å². The molecule has 17 heavy (non-hydrogen) atoms. The van der Waals surface area contributed by atoms with E-state index in [9.17, 15) is 0 Å². The lowest BCUT2D eigenvalue weighted by Gasteiger charge is -2.17. The zero-order chi connectivity index (χ0) is 13.1. The zero-order valence-electron chi connectivity index (χ0n) is 12.5. The fraction of sp³-hybridized carbons (Fsp3) is 1.00. The van der Waals surface area contributed by atoms with Gasteiger partial charge in [0.25, 0.3) is 0 Å². The third kappa shape index (κ3) is 13.8. The Bertz CT molecular complexity index is 160. The molecule has 0 amide bonds. The zero-order valence-corrected chi connectivity index (χ0v) is 12.5. The molecule has 3 heteroatoms. The smallest absolute Gasteiger partial charge is 0.0593 e. The minimum Gasteiger partial charge on any atom is -0.380 e. The highest BCUT2D eigenvalue weighted by atomic mass is 16.5. The molecule has 0 aliphatic carbocycles. The second kappa shape index (κ2) is 11.0. The van der Waals surface area contributed by atoms with Crippen LogP contribution in [0.15, 0.2) is 0 Å². The first-order valence-electron chi connectivity index (χ1n) is 6.99. The van der Waals surface area contributed by atoms with Crippen LogP contribution in [0, 0.1) is 11.8 Å². The van der Waals surface area contributed by atoms with E-state index in [2.05, 4.69) is 45.0 Å². The Labute approximate surface area is 108 Å². The lowest BCUT2D eigenvalue weighted by molar-refractivity contribution is 0.103. The van der Waals surface area contributed by atoms with Crippen LogP contribution in [-0.4, -0.2) is 51.3 Å². The van der Waals surface area contributed by atoms with Gasteiger partial charge in [0.05, 0.1) is 6.61 Å². The lowest BCUT2D eigenvalue weighted by atomic mass is 10.1. The van der Waals surface area contributed by atoms with Gasteiger partial charge >= 0.3 is 0 Å². The van der Waals surface area contributed by atoms with Gasteiger partial charge in [0.15, 0.2) is 0 Å². The maximum atomic E-state index is 5.60. The van der Waals surface area contributed by atoms with Crippen molar-refractivity contribution in [3.05, 3.63) is 0 Å². The van der Waals surface area contributed by atoms with Gasteiger partial charge in [-0.3, -0.25) is 0 Å². The summed E-state index contributed by atoms with van der Waals surface area (Å²) in [6.07, 6.45) is 1.17. The minimum absolute atomic E-state index is 0.736. The largest absolute Gasteiger partial charge is 0.380 e. The molecule has 0 spiro atoms. The van der Waals surface area contributed by atoms with Crippen LogP contribution in [-0.2, 0) is 4.74 Å². The van der Waals surface area contributed by atoms with Crippen molar-refractivity contribution in [2.75, 3.05) is 46.4 Å². The number of nitrogens with one attached hydrogen (secondary N) is 1. The van der Waals surface area contributed by atoms with E-state index in [1.54, 1.807) is 0 Å². The van der Waals surface area contributed by atoms with E-state index in [0.717, 1.165) is 51.2 Å². The molecule has 0 aliphatic rings. The molecule has 0 aromatic rings. The van der Waals surface area contributed by atoms with E-state index in [-0.39, 0.29) is 0 Å². The first-order valence-corrected chi connectivity index (χ1v) is 6.99. The normalized spacial score (nSPS) is 12.0. The van der Waals surface area contributed by atoms with Crippen LogP contribution in [0.5, 0.6) is 0 Å². The van der Waals surface area contributed by atoms with Gasteiger partial charge in [-0.25, -0.2) is 0 Å². The molecule has 0 aromatic carbocycles. The van der Waals surface area contributed by atoms with Crippen molar-refractivity contribution < 1.29 is 4.74 Å². The number of hydrogen-bond acceptors (Lipinski definition) is 3. The Balaban J connectivity index is 3.20. The Morgan fingerprint density at radius 2 is 1.71 bits per heavy atom. The fourth-order valence-corrected chi connectivity index (χ4v) is 1.41. The number of rotatable bonds is 11. The molecule has 0 aromatic heterocycles. The van der Waals surface area contributed by atoms with Gasteiger partial charge in [-0.15, -0.1) is 0 Å². The predicted molar refractivity (Wildman–Crippen MR) is 75.5 cm³/mol. The molecule has 3 nitrogen and oxygen atoms in total. The summed E-state index contributed by atoms with van der Waals surface area (Å²) in [7, 11) is 2.16. The lowest BCUT2D eigenvalue weighted by Crippen LogP contribution is -2.33. The standard InChI is InChI=1S/C14H32N2O/c1-13(2)6-10-17-11-9-16(5)8-7-15-12-14(3)4/h13-15H,6-12H2,1-5H3. The van der Waals surface area contributed by atoms with Crippen molar-refractivity contribution in [1.82, 2.24) is 10.2 Å². The van der Waals surface area contributed by atoms with E-state index in [4.69, 9.17) is 4.74 Å². The molecule has 0 saturated carbocycles. The van der Waals surface area contributed by atoms with Crippen molar-refractivity contribution in [3.63, 3.8) is 0 Å². The number of likely N-dealkylation sites (N-methyl/N-ethyl adjacent to an activating group) is 1. The van der Waals surface area contributed by atoms with Crippen molar-refractivity contribution in [3.8, 4) is 0 Å². The quantitative estimate of drug-likeness (QED) is 0.564. The molecule has 0 unspecified atom stereocenters. The highest BCUT2D eigenvalue weighted by Crippen LogP contribution is 1.98. The van der Waals surface area contributed by atoms with Crippen LogP contribution < -0.4 is 5.32 Å². The van der Waals surface area contributed by atoms with Crippen molar-refractivity contribution >= 4 is 0 Å². The van der Waals surface area contributed by atoms with Crippen LogP contribution in [0.4, 0.5) is 0 Å². The Hall–Kier alpha value is -0.120. The van der Waals surface area contributed by atoms with Gasteiger partial charge in [0.1, 0.15) is 0 Å². The van der Waals surface area contributed by atoms with Gasteiger partial charge in [-0.2, -0.15) is 0 Å². The Morgan fingerprint density at radius 1 is 1.00 bits per heavy atom. The molecule has 1 N–H and O–H groups in total. The molecule has 0 aliphatic heterocycles. The summed E-state index contributed by atoms with van der Waals surface area (Å²) in [6, 6.07) is 0. The topological polar surface area (TPSA) is 24.5 Å². The average Bonchev–Trinajstić information content (AvgIpc) is 2.23. The summed E-state index contributed by atoms with van der Waals surface area (Å²) in [5.41, 5.74) is 0. The van der Waals surface area contributed by atoms with Crippen molar-refractivity contribution in [1.29, 1.82) is 0 Å². The first-order chi connectivity index (χ1) is 8.02.